The normalized spacial score (nSPS) is 14.1. The molecular formula is C28H30Cl3N7O3S. The van der Waals surface area contributed by atoms with E-state index in [-0.39, 0.29) is 16.7 Å². The molecule has 3 heterocycles. The van der Waals surface area contributed by atoms with Gasteiger partial charge in [0, 0.05) is 55.3 Å². The number of carbonyl (C=O) groups is 1. The summed E-state index contributed by atoms with van der Waals surface area (Å²) in [6, 6.07) is 10.5. The van der Waals surface area contributed by atoms with Gasteiger partial charge in [0.2, 0.25) is 0 Å². The van der Waals surface area contributed by atoms with Crippen molar-refractivity contribution in [1.82, 2.24) is 29.4 Å². The van der Waals surface area contributed by atoms with Crippen LogP contribution in [0.15, 0.2) is 41.2 Å². The molecule has 3 N–H and O–H groups in total. The van der Waals surface area contributed by atoms with Crippen LogP contribution in [0.1, 0.15) is 36.8 Å². The standard InChI is InChI=1S/C28H30Cl3N7O3S/c1-16(2)24-23-26(38(36-24)25-20(30)14-18(29)15-21(25)31)34-22(35-27(23)39)13-17-3-5-19(6-4-17)33-28(40)42-32-7-8-37-9-11-41-12-10-37/h3-6,14-16,32H,7-13H2,1-2H3,(H,33,40)(H,34,35,39). The fraction of sp³-hybridized carbons (Fsp3) is 0.357. The minimum Gasteiger partial charge on any atom is -0.379 e. The van der Waals surface area contributed by atoms with E-state index in [1.165, 1.54) is 4.68 Å². The SMILES string of the molecule is CC(C)c1nn(-c2c(Cl)cc(Cl)cc2Cl)c2nc(Cc3ccc(NC(=O)SNCCN4CCOCC4)cc3)[nH]c(=O)c12. The molecule has 1 fully saturated rings. The number of benzene rings is 2. The Morgan fingerprint density at radius 3 is 2.48 bits per heavy atom. The number of aromatic nitrogens is 4. The Morgan fingerprint density at radius 2 is 1.81 bits per heavy atom. The minimum atomic E-state index is -0.298. The summed E-state index contributed by atoms with van der Waals surface area (Å²) >= 11 is 20.2. The maximum absolute atomic E-state index is 13.3. The highest BCUT2D eigenvalue weighted by Crippen LogP contribution is 2.34. The lowest BCUT2D eigenvalue weighted by atomic mass is 10.1. The van der Waals surface area contributed by atoms with Crippen LogP contribution in [-0.2, 0) is 11.2 Å². The smallest absolute Gasteiger partial charge is 0.298 e. The molecular weight excluding hydrogens is 621 g/mol. The van der Waals surface area contributed by atoms with Gasteiger partial charge in [-0.15, -0.1) is 0 Å². The summed E-state index contributed by atoms with van der Waals surface area (Å²) in [5.41, 5.74) is 2.59. The van der Waals surface area contributed by atoms with Crippen LogP contribution in [0.3, 0.4) is 0 Å². The second kappa shape index (κ2) is 13.8. The van der Waals surface area contributed by atoms with Crippen LogP contribution < -0.4 is 15.6 Å². The first-order valence-corrected chi connectivity index (χ1v) is 15.4. The maximum Gasteiger partial charge on any atom is 0.298 e. The van der Waals surface area contributed by atoms with Crippen molar-refractivity contribution in [1.29, 1.82) is 0 Å². The van der Waals surface area contributed by atoms with Crippen molar-refractivity contribution in [3.8, 4) is 5.69 Å². The number of amides is 1. The summed E-state index contributed by atoms with van der Waals surface area (Å²) in [4.78, 5) is 35.6. The number of ether oxygens (including phenoxy) is 1. The van der Waals surface area contributed by atoms with Crippen molar-refractivity contribution in [2.24, 2.45) is 0 Å². The lowest BCUT2D eigenvalue weighted by Gasteiger charge is -2.26. The molecule has 5 rings (SSSR count). The van der Waals surface area contributed by atoms with Gasteiger partial charge in [0.1, 0.15) is 16.9 Å². The number of hydrogen-bond acceptors (Lipinski definition) is 8. The lowest BCUT2D eigenvalue weighted by Crippen LogP contribution is -2.39. The number of carbonyl (C=O) groups excluding carboxylic acids is 1. The number of halogens is 3. The first-order valence-electron chi connectivity index (χ1n) is 13.5. The Balaban J connectivity index is 1.29. The van der Waals surface area contributed by atoms with Gasteiger partial charge < -0.3 is 15.0 Å². The van der Waals surface area contributed by atoms with Crippen molar-refractivity contribution < 1.29 is 9.53 Å². The van der Waals surface area contributed by atoms with Gasteiger partial charge in [-0.05, 0) is 35.7 Å². The molecule has 14 heteroatoms. The Labute approximate surface area is 262 Å². The van der Waals surface area contributed by atoms with E-state index in [1.807, 2.05) is 38.1 Å². The maximum atomic E-state index is 13.3. The predicted molar refractivity (Wildman–Crippen MR) is 170 cm³/mol. The molecule has 10 nitrogen and oxygen atoms in total. The molecule has 222 valence electrons. The fourth-order valence-corrected chi connectivity index (χ4v) is 6.13. The highest BCUT2D eigenvalue weighted by atomic mass is 35.5. The second-order valence-electron chi connectivity index (χ2n) is 10.1. The van der Waals surface area contributed by atoms with Crippen molar-refractivity contribution in [3.63, 3.8) is 0 Å². The molecule has 0 bridgehead atoms. The number of aromatic amines is 1. The quantitative estimate of drug-likeness (QED) is 0.152. The average molecular weight is 651 g/mol. The summed E-state index contributed by atoms with van der Waals surface area (Å²) in [5, 5.41) is 8.69. The Hall–Kier alpha value is -2.64. The predicted octanol–water partition coefficient (Wildman–Crippen LogP) is 5.89. The molecule has 2 aromatic carbocycles. The van der Waals surface area contributed by atoms with Gasteiger partial charge in [-0.25, -0.2) is 9.67 Å². The van der Waals surface area contributed by atoms with Crippen LogP contribution in [0.25, 0.3) is 16.7 Å². The lowest BCUT2D eigenvalue weighted by molar-refractivity contribution is 0.0391. The zero-order valence-corrected chi connectivity index (χ0v) is 26.1. The highest BCUT2D eigenvalue weighted by molar-refractivity contribution is 8.12. The average Bonchev–Trinajstić information content (AvgIpc) is 3.32. The van der Waals surface area contributed by atoms with E-state index in [1.54, 1.807) is 12.1 Å². The van der Waals surface area contributed by atoms with E-state index < -0.39 is 0 Å². The summed E-state index contributed by atoms with van der Waals surface area (Å²) in [5.74, 6) is 0.398. The Morgan fingerprint density at radius 1 is 1.12 bits per heavy atom. The number of nitrogens with one attached hydrogen (secondary N) is 3. The third-order valence-corrected chi connectivity index (χ3v) is 8.16. The molecule has 2 aromatic heterocycles. The number of hydrogen-bond donors (Lipinski definition) is 3. The van der Waals surface area contributed by atoms with E-state index in [0.717, 1.165) is 50.4 Å². The molecule has 0 saturated carbocycles. The van der Waals surface area contributed by atoms with E-state index >= 15 is 0 Å². The van der Waals surface area contributed by atoms with Crippen molar-refractivity contribution in [2.75, 3.05) is 44.7 Å². The summed E-state index contributed by atoms with van der Waals surface area (Å²) in [6.45, 7) is 8.78. The minimum absolute atomic E-state index is 0.0479. The molecule has 4 aromatic rings. The van der Waals surface area contributed by atoms with Crippen molar-refractivity contribution in [2.45, 2.75) is 26.2 Å². The number of fused-ring (bicyclic) bond motifs is 1. The van der Waals surface area contributed by atoms with Crippen LogP contribution in [0.5, 0.6) is 0 Å². The summed E-state index contributed by atoms with van der Waals surface area (Å²) in [6.07, 6.45) is 0.349. The molecule has 0 aliphatic carbocycles. The van der Waals surface area contributed by atoms with Crippen LogP contribution in [0.4, 0.5) is 10.5 Å². The van der Waals surface area contributed by atoms with E-state index in [0.29, 0.717) is 62.0 Å². The van der Waals surface area contributed by atoms with E-state index in [9.17, 15) is 9.59 Å². The molecule has 1 saturated heterocycles. The van der Waals surface area contributed by atoms with Gasteiger partial charge in [-0.2, -0.15) is 5.10 Å². The van der Waals surface area contributed by atoms with Crippen LogP contribution in [-0.4, -0.2) is 69.3 Å². The monoisotopic (exact) mass is 649 g/mol. The van der Waals surface area contributed by atoms with Gasteiger partial charge in [-0.1, -0.05) is 60.8 Å². The zero-order valence-electron chi connectivity index (χ0n) is 23.0. The van der Waals surface area contributed by atoms with Gasteiger partial charge in [0.15, 0.2) is 5.65 Å². The fourth-order valence-electron chi connectivity index (χ4n) is 4.66. The summed E-state index contributed by atoms with van der Waals surface area (Å²) < 4.78 is 9.96. The van der Waals surface area contributed by atoms with Crippen LogP contribution in [0, 0.1) is 0 Å². The Kier molecular flexibility index (Phi) is 10.1. The highest BCUT2D eigenvalue weighted by Gasteiger charge is 2.23. The van der Waals surface area contributed by atoms with Crippen molar-refractivity contribution in [3.05, 3.63) is 78.9 Å². The van der Waals surface area contributed by atoms with Gasteiger partial charge in [-0.3, -0.25) is 19.2 Å². The number of rotatable bonds is 9. The number of nitrogens with zero attached hydrogens (tertiary/aromatic N) is 4. The Bertz CT molecular complexity index is 1610. The molecule has 1 aliphatic heterocycles. The van der Waals surface area contributed by atoms with Gasteiger partial charge in [0.05, 0.1) is 29.0 Å². The van der Waals surface area contributed by atoms with Crippen molar-refractivity contribution >= 4 is 68.7 Å². The molecule has 42 heavy (non-hydrogen) atoms. The van der Waals surface area contributed by atoms with Gasteiger partial charge in [0.25, 0.3) is 10.8 Å². The number of morpholine rings is 1. The first kappa shape index (κ1) is 30.8. The molecule has 1 aliphatic rings. The second-order valence-corrected chi connectivity index (χ2v) is 12.2. The molecule has 0 spiro atoms. The van der Waals surface area contributed by atoms with Gasteiger partial charge >= 0.3 is 0 Å². The van der Waals surface area contributed by atoms with Crippen LogP contribution in [0.2, 0.25) is 15.1 Å². The topological polar surface area (TPSA) is 117 Å². The molecule has 0 atom stereocenters. The third kappa shape index (κ3) is 7.28. The van der Waals surface area contributed by atoms with Crippen LogP contribution >= 0.6 is 46.8 Å². The molecule has 0 unspecified atom stereocenters. The first-order chi connectivity index (χ1) is 20.2. The number of H-pyrrole nitrogens is 1. The van der Waals surface area contributed by atoms with E-state index in [4.69, 9.17) is 44.5 Å². The largest absolute Gasteiger partial charge is 0.379 e. The summed E-state index contributed by atoms with van der Waals surface area (Å²) in [7, 11) is 0. The number of anilines is 1. The molecule has 1 amide bonds. The molecule has 0 radical (unpaired) electrons. The van der Waals surface area contributed by atoms with E-state index in [2.05, 4.69) is 25.0 Å². The zero-order chi connectivity index (χ0) is 29.8. The third-order valence-electron chi connectivity index (χ3n) is 6.72.